The van der Waals surface area contributed by atoms with Crippen LogP contribution in [0.15, 0.2) is 12.4 Å². The zero-order chi connectivity index (χ0) is 11.4. The van der Waals surface area contributed by atoms with Gasteiger partial charge in [0.25, 0.3) is 0 Å². The van der Waals surface area contributed by atoms with Crippen LogP contribution in [-0.4, -0.2) is 54.5 Å². The van der Waals surface area contributed by atoms with Gasteiger partial charge in [0.2, 0.25) is 0 Å². The molecule has 1 aromatic heterocycles. The monoisotopic (exact) mass is 224 g/mol. The molecule has 0 bridgehead atoms. The van der Waals surface area contributed by atoms with Gasteiger partial charge in [-0.3, -0.25) is 4.98 Å². The summed E-state index contributed by atoms with van der Waals surface area (Å²) in [5.41, 5.74) is 0. The van der Waals surface area contributed by atoms with E-state index in [4.69, 9.17) is 9.84 Å². The molecule has 1 aliphatic rings. The molecule has 2 rings (SSSR count). The first-order valence-corrected chi connectivity index (χ1v) is 5.30. The number of ether oxygens (including phenoxy) is 1. The second kappa shape index (κ2) is 5.09. The molecule has 0 spiro atoms. The summed E-state index contributed by atoms with van der Waals surface area (Å²) in [5.74, 6) is 1.55. The maximum atomic E-state index is 9.06. The number of rotatable bonds is 3. The molecule has 88 valence electrons. The van der Waals surface area contributed by atoms with Crippen molar-refractivity contribution in [2.45, 2.75) is 6.10 Å². The second-order valence-electron chi connectivity index (χ2n) is 3.63. The number of hydrogen-bond acceptors (Lipinski definition) is 6. The van der Waals surface area contributed by atoms with Crippen molar-refractivity contribution in [2.24, 2.45) is 0 Å². The molecule has 1 aromatic rings. The molecule has 1 saturated heterocycles. The Kier molecular flexibility index (Phi) is 3.53. The summed E-state index contributed by atoms with van der Waals surface area (Å²) in [5, 5.41) is 12.0. The van der Waals surface area contributed by atoms with E-state index < -0.39 is 0 Å². The summed E-state index contributed by atoms with van der Waals surface area (Å²) in [7, 11) is 1.81. The van der Waals surface area contributed by atoms with E-state index in [0.717, 1.165) is 18.2 Å². The number of aromatic nitrogens is 2. The van der Waals surface area contributed by atoms with Crippen LogP contribution in [0.1, 0.15) is 0 Å². The van der Waals surface area contributed by atoms with Crippen molar-refractivity contribution in [2.75, 3.05) is 43.6 Å². The normalized spacial score (nSPS) is 20.9. The van der Waals surface area contributed by atoms with E-state index in [2.05, 4.69) is 20.2 Å². The molecule has 0 saturated carbocycles. The number of nitrogens with one attached hydrogen (secondary N) is 1. The number of aliphatic hydroxyl groups is 1. The van der Waals surface area contributed by atoms with Crippen molar-refractivity contribution in [3.05, 3.63) is 12.4 Å². The third-order valence-electron chi connectivity index (χ3n) is 2.54. The van der Waals surface area contributed by atoms with Crippen molar-refractivity contribution >= 4 is 11.6 Å². The molecular weight excluding hydrogens is 208 g/mol. The molecule has 1 unspecified atom stereocenters. The van der Waals surface area contributed by atoms with Crippen molar-refractivity contribution in [1.29, 1.82) is 0 Å². The van der Waals surface area contributed by atoms with Gasteiger partial charge in [0.05, 0.1) is 31.7 Å². The van der Waals surface area contributed by atoms with E-state index in [1.807, 2.05) is 7.05 Å². The summed E-state index contributed by atoms with van der Waals surface area (Å²) in [6.45, 7) is 2.07. The molecule has 6 nitrogen and oxygen atoms in total. The van der Waals surface area contributed by atoms with E-state index >= 15 is 0 Å². The van der Waals surface area contributed by atoms with Crippen LogP contribution in [0.25, 0.3) is 0 Å². The average molecular weight is 224 g/mol. The highest BCUT2D eigenvalue weighted by molar-refractivity contribution is 5.43. The molecule has 0 amide bonds. The Morgan fingerprint density at radius 3 is 3.25 bits per heavy atom. The van der Waals surface area contributed by atoms with Crippen molar-refractivity contribution in [3.63, 3.8) is 0 Å². The molecule has 1 fully saturated rings. The highest BCUT2D eigenvalue weighted by Gasteiger charge is 2.20. The fourth-order valence-corrected chi connectivity index (χ4v) is 1.67. The van der Waals surface area contributed by atoms with Crippen LogP contribution in [0.4, 0.5) is 11.6 Å². The van der Waals surface area contributed by atoms with Gasteiger partial charge in [0.1, 0.15) is 11.6 Å². The highest BCUT2D eigenvalue weighted by atomic mass is 16.5. The van der Waals surface area contributed by atoms with Crippen molar-refractivity contribution in [3.8, 4) is 0 Å². The molecule has 0 aromatic carbocycles. The molecule has 1 atom stereocenters. The van der Waals surface area contributed by atoms with Crippen LogP contribution in [0.5, 0.6) is 0 Å². The Balaban J connectivity index is 2.10. The second-order valence-corrected chi connectivity index (χ2v) is 3.63. The largest absolute Gasteiger partial charge is 0.394 e. The first-order chi connectivity index (χ1) is 7.83. The van der Waals surface area contributed by atoms with E-state index in [-0.39, 0.29) is 12.7 Å². The number of hydrogen-bond donors (Lipinski definition) is 2. The number of nitrogens with zero attached hydrogens (tertiary/aromatic N) is 3. The van der Waals surface area contributed by atoms with Crippen LogP contribution >= 0.6 is 0 Å². The fraction of sp³-hybridized carbons (Fsp3) is 0.600. The smallest absolute Gasteiger partial charge is 0.149 e. The molecular formula is C10H16N4O2. The van der Waals surface area contributed by atoms with Crippen LogP contribution in [0, 0.1) is 0 Å². The first kappa shape index (κ1) is 11.1. The van der Waals surface area contributed by atoms with Gasteiger partial charge in [0, 0.05) is 20.1 Å². The van der Waals surface area contributed by atoms with Crippen molar-refractivity contribution in [1.82, 2.24) is 9.97 Å². The zero-order valence-electron chi connectivity index (χ0n) is 9.26. The summed E-state index contributed by atoms with van der Waals surface area (Å²) in [6, 6.07) is 0. The van der Waals surface area contributed by atoms with Gasteiger partial charge >= 0.3 is 0 Å². The minimum atomic E-state index is -0.131. The lowest BCUT2D eigenvalue weighted by molar-refractivity contribution is 0.00335. The van der Waals surface area contributed by atoms with Crippen LogP contribution in [-0.2, 0) is 4.74 Å². The third-order valence-corrected chi connectivity index (χ3v) is 2.54. The quantitative estimate of drug-likeness (QED) is 0.735. The molecule has 6 heteroatoms. The van der Waals surface area contributed by atoms with E-state index in [1.165, 1.54) is 0 Å². The lowest BCUT2D eigenvalue weighted by Gasteiger charge is -2.32. The average Bonchev–Trinajstić information content (AvgIpc) is 2.39. The molecule has 16 heavy (non-hydrogen) atoms. The summed E-state index contributed by atoms with van der Waals surface area (Å²) >= 11 is 0. The maximum absolute atomic E-state index is 9.06. The van der Waals surface area contributed by atoms with Gasteiger partial charge in [-0.2, -0.15) is 0 Å². The van der Waals surface area contributed by atoms with Gasteiger partial charge in [-0.1, -0.05) is 0 Å². The molecule has 1 aliphatic heterocycles. The van der Waals surface area contributed by atoms with Crippen LogP contribution in [0.2, 0.25) is 0 Å². The number of morpholine rings is 1. The van der Waals surface area contributed by atoms with Crippen LogP contribution in [0.3, 0.4) is 0 Å². The lowest BCUT2D eigenvalue weighted by Crippen LogP contribution is -2.44. The topological polar surface area (TPSA) is 70.5 Å². The summed E-state index contributed by atoms with van der Waals surface area (Å²) < 4.78 is 5.38. The first-order valence-electron chi connectivity index (χ1n) is 5.30. The van der Waals surface area contributed by atoms with E-state index in [9.17, 15) is 0 Å². The number of anilines is 2. The van der Waals surface area contributed by atoms with Gasteiger partial charge in [-0.05, 0) is 0 Å². The van der Waals surface area contributed by atoms with Gasteiger partial charge in [-0.25, -0.2) is 4.98 Å². The Morgan fingerprint density at radius 1 is 1.62 bits per heavy atom. The van der Waals surface area contributed by atoms with Crippen LogP contribution < -0.4 is 10.2 Å². The van der Waals surface area contributed by atoms with Gasteiger partial charge < -0.3 is 20.1 Å². The lowest BCUT2D eigenvalue weighted by atomic mass is 10.3. The van der Waals surface area contributed by atoms with Crippen molar-refractivity contribution < 1.29 is 9.84 Å². The van der Waals surface area contributed by atoms with Gasteiger partial charge in [0.15, 0.2) is 0 Å². The van der Waals surface area contributed by atoms with E-state index in [0.29, 0.717) is 13.2 Å². The Bertz CT molecular complexity index is 347. The minimum Gasteiger partial charge on any atom is -0.394 e. The predicted molar refractivity (Wildman–Crippen MR) is 60.6 cm³/mol. The molecule has 2 N–H and O–H groups in total. The Labute approximate surface area is 94.3 Å². The fourth-order valence-electron chi connectivity index (χ4n) is 1.67. The predicted octanol–water partition coefficient (Wildman–Crippen LogP) is -0.284. The summed E-state index contributed by atoms with van der Waals surface area (Å²) in [4.78, 5) is 10.6. The Hall–Kier alpha value is -1.40. The highest BCUT2D eigenvalue weighted by Crippen LogP contribution is 2.15. The maximum Gasteiger partial charge on any atom is 0.149 e. The minimum absolute atomic E-state index is 0.0373. The SMILES string of the molecule is CNc1cncc(N2CCOC(CO)C2)n1. The standard InChI is InChI=1S/C10H16N4O2/c1-11-9-4-12-5-10(13-9)14-2-3-16-8(6-14)7-15/h4-5,8,15H,2-3,6-7H2,1H3,(H,11,13). The Morgan fingerprint density at radius 2 is 2.50 bits per heavy atom. The third kappa shape index (κ3) is 2.40. The molecule has 0 aliphatic carbocycles. The number of aliphatic hydroxyl groups excluding tert-OH is 1. The zero-order valence-corrected chi connectivity index (χ0v) is 9.26. The van der Waals surface area contributed by atoms with Gasteiger partial charge in [-0.15, -0.1) is 0 Å². The van der Waals surface area contributed by atoms with E-state index in [1.54, 1.807) is 12.4 Å². The molecule has 2 heterocycles. The summed E-state index contributed by atoms with van der Waals surface area (Å²) in [6.07, 6.45) is 3.27. The molecule has 0 radical (unpaired) electrons.